The molecular formula is C38H34ClF6N7O4. The molecule has 0 aliphatic heterocycles. The lowest BCUT2D eigenvalue weighted by Crippen LogP contribution is -2.35. The predicted molar refractivity (Wildman–Crippen MR) is 193 cm³/mol. The molecule has 3 aromatic heterocycles. The van der Waals surface area contributed by atoms with E-state index in [1.165, 1.54) is 37.6 Å². The van der Waals surface area contributed by atoms with Crippen LogP contribution >= 0.6 is 11.6 Å². The first-order valence-electron chi connectivity index (χ1n) is 17.1. The molecule has 0 saturated carbocycles. The van der Waals surface area contributed by atoms with Crippen LogP contribution in [0.4, 0.5) is 32.2 Å². The Labute approximate surface area is 320 Å². The molecule has 1 aliphatic carbocycles. The Balaban J connectivity index is 1.53. The van der Waals surface area contributed by atoms with Crippen LogP contribution in [0.2, 0.25) is 5.02 Å². The normalized spacial score (nSPS) is 15.4. The summed E-state index contributed by atoms with van der Waals surface area (Å²) in [5.74, 6) is -2.73. The Hall–Kier alpha value is -5.44. The van der Waals surface area contributed by atoms with Crippen molar-refractivity contribution >= 4 is 40.1 Å². The Morgan fingerprint density at radius 3 is 2.38 bits per heavy atom. The molecule has 2 aromatic carbocycles. The second-order valence-corrected chi connectivity index (χ2v) is 14.4. The second-order valence-electron chi connectivity index (χ2n) is 14.0. The largest absolute Gasteiger partial charge is 0.387 e. The van der Waals surface area contributed by atoms with Gasteiger partial charge in [-0.2, -0.15) is 19.0 Å². The molecule has 0 saturated heterocycles. The number of nitrogens with one attached hydrogen (secondary N) is 2. The summed E-state index contributed by atoms with van der Waals surface area (Å²) in [5.41, 5.74) is -2.28. The number of aromatic nitrogens is 5. The average Bonchev–Trinajstić information content (AvgIpc) is 3.72. The summed E-state index contributed by atoms with van der Waals surface area (Å²) in [6, 6.07) is 7.55. The molecule has 0 radical (unpaired) electrons. The van der Waals surface area contributed by atoms with Crippen LogP contribution in [0.3, 0.4) is 0 Å². The van der Waals surface area contributed by atoms with Gasteiger partial charge in [0, 0.05) is 36.2 Å². The molecule has 56 heavy (non-hydrogen) atoms. The second kappa shape index (κ2) is 15.2. The number of aliphatic hydroxyl groups excluding tert-OH is 1. The maximum absolute atomic E-state index is 15.2. The molecule has 2 atom stereocenters. The van der Waals surface area contributed by atoms with E-state index in [-0.39, 0.29) is 50.7 Å². The lowest BCUT2D eigenvalue weighted by molar-refractivity contribution is -0.123. The van der Waals surface area contributed by atoms with E-state index in [1.807, 2.05) is 0 Å². The van der Waals surface area contributed by atoms with Gasteiger partial charge in [-0.15, -0.1) is 0 Å². The number of anilines is 1. The maximum Gasteiger partial charge on any atom is 0.290 e. The number of amides is 2. The van der Waals surface area contributed by atoms with Crippen LogP contribution in [0, 0.1) is 23.5 Å². The number of nitrogens with zero attached hydrogens (tertiary/aromatic N) is 5. The molecule has 4 N–H and O–H groups in total. The van der Waals surface area contributed by atoms with Crippen LogP contribution in [0.5, 0.6) is 0 Å². The zero-order valence-corrected chi connectivity index (χ0v) is 31.0. The first kappa shape index (κ1) is 40.2. The Morgan fingerprint density at radius 1 is 1.05 bits per heavy atom. The van der Waals surface area contributed by atoms with E-state index in [4.69, 9.17) is 16.6 Å². The molecule has 2 amide bonds. The fourth-order valence-electron chi connectivity index (χ4n) is 6.89. The first-order chi connectivity index (χ1) is 26.3. The van der Waals surface area contributed by atoms with Crippen molar-refractivity contribution in [1.29, 1.82) is 0 Å². The van der Waals surface area contributed by atoms with Crippen LogP contribution in [0.15, 0.2) is 42.5 Å². The number of hydrogen-bond donors (Lipinski definition) is 4. The van der Waals surface area contributed by atoms with Crippen LogP contribution in [0.25, 0.3) is 22.0 Å². The van der Waals surface area contributed by atoms with Gasteiger partial charge in [0.25, 0.3) is 18.3 Å². The number of halogens is 7. The fraction of sp³-hybridized carbons (Fsp3) is 0.342. The van der Waals surface area contributed by atoms with Gasteiger partial charge >= 0.3 is 0 Å². The third-order valence-corrected chi connectivity index (χ3v) is 9.31. The summed E-state index contributed by atoms with van der Waals surface area (Å²) in [7, 11) is 1.55. The van der Waals surface area contributed by atoms with Gasteiger partial charge in [-0.1, -0.05) is 30.5 Å². The summed E-state index contributed by atoms with van der Waals surface area (Å²) in [5, 5.41) is 33.3. The van der Waals surface area contributed by atoms with Crippen LogP contribution in [-0.2, 0) is 35.5 Å². The summed E-state index contributed by atoms with van der Waals surface area (Å²) >= 11 is 6.59. The zero-order valence-electron chi connectivity index (χ0n) is 30.2. The Kier molecular flexibility index (Phi) is 11.0. The summed E-state index contributed by atoms with van der Waals surface area (Å²) < 4.78 is 89.4. The topological polar surface area (TPSA) is 147 Å². The molecule has 3 heterocycles. The number of benzene rings is 2. The van der Waals surface area contributed by atoms with Gasteiger partial charge in [0.15, 0.2) is 5.82 Å². The standard InChI is InChI=1S/C38H34ClF6N7O4/c1-18-15-38(44,45)34-29(18)32(35(42)43)49-52(34)16-27(54)47-26(13-19-11-20(40)14-21(41)12-19)31-23(6-5-22(46-31)9-10-37(2,3)56)24-7-8-25(39)30-33(24)51(4)50-36(30)48-28(55)17-53/h5-8,11-12,14,18,26,35,53,56H,13,15-17H2,1-4H3,(H,47,54)(H,48,50,55). The van der Waals surface area contributed by atoms with Crippen LogP contribution in [-0.4, -0.2) is 58.8 Å². The summed E-state index contributed by atoms with van der Waals surface area (Å²) in [6.45, 7) is 2.46. The first-order valence-corrected chi connectivity index (χ1v) is 17.5. The minimum Gasteiger partial charge on any atom is -0.387 e. The van der Waals surface area contributed by atoms with Crippen LogP contribution < -0.4 is 10.6 Å². The molecular weight excluding hydrogens is 768 g/mol. The van der Waals surface area contributed by atoms with Gasteiger partial charge < -0.3 is 20.8 Å². The summed E-state index contributed by atoms with van der Waals surface area (Å²) in [6.07, 6.45) is -4.29. The lowest BCUT2D eigenvalue weighted by atomic mass is 9.93. The van der Waals surface area contributed by atoms with E-state index in [0.717, 1.165) is 12.1 Å². The number of aryl methyl sites for hydroxylation is 1. The van der Waals surface area contributed by atoms with Crippen LogP contribution in [0.1, 0.15) is 79.5 Å². The van der Waals surface area contributed by atoms with E-state index in [2.05, 4.69) is 32.7 Å². The van der Waals surface area contributed by atoms with Gasteiger partial charge in [-0.05, 0) is 68.0 Å². The van der Waals surface area contributed by atoms with Gasteiger partial charge in [0.05, 0.1) is 27.7 Å². The van der Waals surface area contributed by atoms with Crippen molar-refractivity contribution in [2.75, 3.05) is 11.9 Å². The molecule has 6 rings (SSSR count). The zero-order chi connectivity index (χ0) is 40.9. The van der Waals surface area contributed by atoms with E-state index in [0.29, 0.717) is 21.8 Å². The highest BCUT2D eigenvalue weighted by molar-refractivity contribution is 6.37. The molecule has 0 bridgehead atoms. The molecule has 11 nitrogen and oxygen atoms in total. The average molecular weight is 802 g/mol. The summed E-state index contributed by atoms with van der Waals surface area (Å²) in [4.78, 5) is 30.7. The monoisotopic (exact) mass is 801 g/mol. The third-order valence-electron chi connectivity index (χ3n) is 9.00. The number of carbonyl (C=O) groups is 2. The minimum absolute atomic E-state index is 0.0108. The SMILES string of the molecule is CC1CC(F)(F)c2c1c(C(F)F)nn2CC(=O)NC(Cc1cc(F)cc(F)c1)c1nc(C#CC(C)(C)O)ccc1-c1ccc(Cl)c2c(NC(=O)CO)nn(C)c12. The number of fused-ring (bicyclic) bond motifs is 2. The molecule has 18 heteroatoms. The highest BCUT2D eigenvalue weighted by Crippen LogP contribution is 2.51. The van der Waals surface area contributed by atoms with Gasteiger partial charge in [-0.25, -0.2) is 22.5 Å². The van der Waals surface area contributed by atoms with E-state index >= 15 is 8.78 Å². The highest BCUT2D eigenvalue weighted by atomic mass is 35.5. The number of rotatable bonds is 10. The van der Waals surface area contributed by atoms with Gasteiger partial charge in [0.1, 0.15) is 47.5 Å². The number of carbonyl (C=O) groups excluding carboxylic acids is 2. The number of alkyl halides is 4. The predicted octanol–water partition coefficient (Wildman–Crippen LogP) is 6.45. The van der Waals surface area contributed by atoms with Crippen molar-refractivity contribution in [3.8, 4) is 23.0 Å². The number of hydrogen-bond acceptors (Lipinski definition) is 7. The quantitative estimate of drug-likeness (QED) is 0.0938. The van der Waals surface area contributed by atoms with E-state index in [9.17, 15) is 37.4 Å². The van der Waals surface area contributed by atoms with Crippen molar-refractivity contribution in [2.45, 2.75) is 70.1 Å². The lowest BCUT2D eigenvalue weighted by Gasteiger charge is -2.23. The van der Waals surface area contributed by atoms with Gasteiger partial charge in [0.2, 0.25) is 5.91 Å². The maximum atomic E-state index is 15.2. The van der Waals surface area contributed by atoms with E-state index in [1.54, 1.807) is 19.2 Å². The van der Waals surface area contributed by atoms with Crippen molar-refractivity contribution < 1.29 is 46.1 Å². The third kappa shape index (κ3) is 8.23. The van der Waals surface area contributed by atoms with Crippen molar-refractivity contribution in [3.05, 3.63) is 93.0 Å². The van der Waals surface area contributed by atoms with Gasteiger partial charge in [-0.3, -0.25) is 19.0 Å². The van der Waals surface area contributed by atoms with Crippen molar-refractivity contribution in [2.24, 2.45) is 7.05 Å². The number of pyridine rings is 1. The molecule has 0 fully saturated rings. The van der Waals surface area contributed by atoms with Crippen molar-refractivity contribution in [3.63, 3.8) is 0 Å². The molecule has 1 aliphatic rings. The minimum atomic E-state index is -3.56. The highest BCUT2D eigenvalue weighted by Gasteiger charge is 2.50. The molecule has 2 unspecified atom stereocenters. The molecule has 294 valence electrons. The molecule has 0 spiro atoms. The molecule has 5 aromatic rings. The number of aliphatic hydroxyl groups is 2. The smallest absolute Gasteiger partial charge is 0.290 e. The fourth-order valence-corrected chi connectivity index (χ4v) is 7.13. The Morgan fingerprint density at radius 2 is 1.73 bits per heavy atom. The van der Waals surface area contributed by atoms with Crippen molar-refractivity contribution in [1.82, 2.24) is 29.9 Å². The Bertz CT molecular complexity index is 2410. The van der Waals surface area contributed by atoms with E-state index < -0.39 is 84.3 Å².